The van der Waals surface area contributed by atoms with Gasteiger partial charge < -0.3 is 26.0 Å². The third kappa shape index (κ3) is 4.29. The maximum atomic E-state index is 12.8. The first-order valence-corrected chi connectivity index (χ1v) is 10.8. The van der Waals surface area contributed by atoms with E-state index in [1.54, 1.807) is 24.3 Å². The molecule has 0 unspecified atom stereocenters. The van der Waals surface area contributed by atoms with Crippen molar-refractivity contribution in [1.29, 1.82) is 0 Å². The second-order valence-electron chi connectivity index (χ2n) is 8.37. The predicted octanol–water partition coefficient (Wildman–Crippen LogP) is 2.58. The minimum atomic E-state index is -1.13. The molecule has 2 heterocycles. The molecule has 0 spiro atoms. The Bertz CT molecular complexity index is 1160. The standard InChI is InChI=1S/C25H27N3O5/c1-14-4-3-5-15(2)21(14)22(29)27-20(25(32)33)12-16-6-8-17(9-7-16)28-23(30)18-10-11-26-13-19(18)24(28)31/h3-9,20,26,30-31H,10-13H2,1-2H3,(H,27,29)(H,32,33)/t20-/m0/s1. The van der Waals surface area contributed by atoms with Gasteiger partial charge in [0.25, 0.3) is 5.91 Å². The molecule has 3 aromatic rings. The number of nitrogens with zero attached hydrogens (tertiary/aromatic N) is 1. The average molecular weight is 450 g/mol. The molecule has 1 atom stereocenters. The normalized spacial score (nSPS) is 13.9. The summed E-state index contributed by atoms with van der Waals surface area (Å²) in [5.74, 6) is -1.54. The van der Waals surface area contributed by atoms with Gasteiger partial charge in [0.2, 0.25) is 11.8 Å². The molecule has 0 bridgehead atoms. The Morgan fingerprint density at radius 2 is 1.67 bits per heavy atom. The molecule has 1 amide bonds. The summed E-state index contributed by atoms with van der Waals surface area (Å²) in [6, 6.07) is 11.3. The highest BCUT2D eigenvalue weighted by Crippen LogP contribution is 2.38. The van der Waals surface area contributed by atoms with Crippen LogP contribution in [0.15, 0.2) is 42.5 Å². The van der Waals surface area contributed by atoms with Gasteiger partial charge in [0.05, 0.1) is 5.69 Å². The lowest BCUT2D eigenvalue weighted by atomic mass is 10.0. The predicted molar refractivity (Wildman–Crippen MR) is 123 cm³/mol. The van der Waals surface area contributed by atoms with E-state index < -0.39 is 17.9 Å². The fourth-order valence-electron chi connectivity index (χ4n) is 4.38. The molecule has 0 saturated heterocycles. The molecule has 2 aromatic carbocycles. The summed E-state index contributed by atoms with van der Waals surface area (Å²) < 4.78 is 1.39. The van der Waals surface area contributed by atoms with Crippen molar-refractivity contribution >= 4 is 11.9 Å². The van der Waals surface area contributed by atoms with E-state index in [2.05, 4.69) is 10.6 Å². The fourth-order valence-corrected chi connectivity index (χ4v) is 4.38. The molecular weight excluding hydrogens is 422 g/mol. The summed E-state index contributed by atoms with van der Waals surface area (Å²) in [5, 5.41) is 36.7. The van der Waals surface area contributed by atoms with E-state index in [-0.39, 0.29) is 18.2 Å². The third-order valence-corrected chi connectivity index (χ3v) is 6.13. The summed E-state index contributed by atoms with van der Waals surface area (Å²) in [4.78, 5) is 24.6. The zero-order valence-corrected chi connectivity index (χ0v) is 18.6. The molecule has 1 aliphatic rings. The summed E-state index contributed by atoms with van der Waals surface area (Å²) in [6.45, 7) is 4.85. The highest BCUT2D eigenvalue weighted by atomic mass is 16.4. The van der Waals surface area contributed by atoms with Crippen LogP contribution in [0.2, 0.25) is 0 Å². The Hall–Kier alpha value is -3.78. The largest absolute Gasteiger partial charge is 0.494 e. The van der Waals surface area contributed by atoms with Crippen molar-refractivity contribution in [2.24, 2.45) is 0 Å². The van der Waals surface area contributed by atoms with E-state index in [1.807, 2.05) is 32.0 Å². The van der Waals surface area contributed by atoms with E-state index in [0.29, 0.717) is 35.3 Å². The number of benzene rings is 2. The van der Waals surface area contributed by atoms with Crippen LogP contribution in [0.3, 0.4) is 0 Å². The number of carboxylic acid groups (broad SMARTS) is 1. The van der Waals surface area contributed by atoms with Crippen molar-refractivity contribution in [2.75, 3.05) is 6.54 Å². The first kappa shape index (κ1) is 22.4. The van der Waals surface area contributed by atoms with Gasteiger partial charge in [-0.25, -0.2) is 4.79 Å². The monoisotopic (exact) mass is 449 g/mol. The Morgan fingerprint density at radius 1 is 1.03 bits per heavy atom. The van der Waals surface area contributed by atoms with Crippen LogP contribution in [-0.2, 0) is 24.2 Å². The number of nitrogens with one attached hydrogen (secondary N) is 2. The van der Waals surface area contributed by atoms with E-state index in [9.17, 15) is 24.9 Å². The van der Waals surface area contributed by atoms with Gasteiger partial charge in [-0.1, -0.05) is 30.3 Å². The number of aryl methyl sites for hydroxylation is 2. The van der Waals surface area contributed by atoms with E-state index in [4.69, 9.17) is 0 Å². The molecule has 8 nitrogen and oxygen atoms in total. The topological polar surface area (TPSA) is 124 Å². The molecule has 172 valence electrons. The van der Waals surface area contributed by atoms with Crippen LogP contribution in [0.25, 0.3) is 5.69 Å². The molecule has 0 radical (unpaired) electrons. The molecule has 4 rings (SSSR count). The van der Waals surface area contributed by atoms with Crippen LogP contribution in [0.1, 0.15) is 38.2 Å². The van der Waals surface area contributed by atoms with Crippen molar-refractivity contribution in [3.8, 4) is 17.4 Å². The van der Waals surface area contributed by atoms with Crippen LogP contribution in [0.5, 0.6) is 11.8 Å². The second-order valence-corrected chi connectivity index (χ2v) is 8.37. The van der Waals surface area contributed by atoms with Gasteiger partial charge in [-0.05, 0) is 55.6 Å². The number of carboxylic acids is 1. The minimum absolute atomic E-state index is 0.00766. The average Bonchev–Trinajstić information content (AvgIpc) is 3.04. The van der Waals surface area contributed by atoms with Crippen molar-refractivity contribution in [3.63, 3.8) is 0 Å². The molecule has 1 aliphatic heterocycles. The van der Waals surface area contributed by atoms with E-state index in [1.165, 1.54) is 4.57 Å². The van der Waals surface area contributed by atoms with Crippen molar-refractivity contribution in [1.82, 2.24) is 15.2 Å². The number of fused-ring (bicyclic) bond motifs is 1. The van der Waals surface area contributed by atoms with Gasteiger partial charge in [0.15, 0.2) is 0 Å². The quantitative estimate of drug-likeness (QED) is 0.394. The van der Waals surface area contributed by atoms with Gasteiger partial charge in [0.1, 0.15) is 6.04 Å². The number of aromatic nitrogens is 1. The second kappa shape index (κ2) is 8.99. The summed E-state index contributed by atoms with van der Waals surface area (Å²) >= 11 is 0. The molecule has 33 heavy (non-hydrogen) atoms. The Morgan fingerprint density at radius 3 is 2.27 bits per heavy atom. The molecule has 8 heteroatoms. The van der Waals surface area contributed by atoms with Crippen molar-refractivity contribution < 1.29 is 24.9 Å². The molecule has 1 aromatic heterocycles. The smallest absolute Gasteiger partial charge is 0.326 e. The van der Waals surface area contributed by atoms with Crippen molar-refractivity contribution in [2.45, 2.75) is 39.3 Å². The first-order valence-electron chi connectivity index (χ1n) is 10.8. The maximum absolute atomic E-state index is 12.8. The number of hydrogen-bond donors (Lipinski definition) is 5. The van der Waals surface area contributed by atoms with Crippen LogP contribution >= 0.6 is 0 Å². The Balaban J connectivity index is 1.54. The van der Waals surface area contributed by atoms with Crippen molar-refractivity contribution in [3.05, 3.63) is 75.8 Å². The third-order valence-electron chi connectivity index (χ3n) is 6.13. The van der Waals surface area contributed by atoms with Gasteiger partial charge in [-0.2, -0.15) is 0 Å². The van der Waals surface area contributed by atoms with E-state index in [0.717, 1.165) is 23.2 Å². The number of aromatic hydroxyl groups is 2. The minimum Gasteiger partial charge on any atom is -0.494 e. The number of hydrogen-bond acceptors (Lipinski definition) is 5. The van der Waals surface area contributed by atoms with Gasteiger partial charge in [-0.3, -0.25) is 9.36 Å². The number of amides is 1. The SMILES string of the molecule is Cc1cccc(C)c1C(=O)N[C@@H](Cc1ccc(-n2c(O)c3c(c2O)CNCC3)cc1)C(=O)O. The Kier molecular flexibility index (Phi) is 6.11. The fraction of sp³-hybridized carbons (Fsp3) is 0.280. The molecule has 0 fully saturated rings. The van der Waals surface area contributed by atoms with Crippen LogP contribution in [-0.4, -0.2) is 44.3 Å². The van der Waals surface area contributed by atoms with Crippen LogP contribution in [0.4, 0.5) is 0 Å². The summed E-state index contributed by atoms with van der Waals surface area (Å²) in [5.41, 5.74) is 4.73. The molecular formula is C25H27N3O5. The van der Waals surface area contributed by atoms with E-state index >= 15 is 0 Å². The number of aliphatic carboxylic acids is 1. The highest BCUT2D eigenvalue weighted by molar-refractivity contribution is 5.99. The zero-order valence-electron chi connectivity index (χ0n) is 18.6. The highest BCUT2D eigenvalue weighted by Gasteiger charge is 2.26. The number of rotatable bonds is 6. The lowest BCUT2D eigenvalue weighted by Crippen LogP contribution is -2.42. The summed E-state index contributed by atoms with van der Waals surface area (Å²) in [7, 11) is 0. The van der Waals surface area contributed by atoms with Crippen LogP contribution in [0, 0.1) is 13.8 Å². The number of carbonyl (C=O) groups excluding carboxylic acids is 1. The van der Waals surface area contributed by atoms with Gasteiger partial charge in [0, 0.05) is 29.7 Å². The Labute approximate surface area is 191 Å². The molecule has 0 aliphatic carbocycles. The zero-order chi connectivity index (χ0) is 23.7. The summed E-state index contributed by atoms with van der Waals surface area (Å²) in [6.07, 6.45) is 0.719. The lowest BCUT2D eigenvalue weighted by Gasteiger charge is -2.17. The van der Waals surface area contributed by atoms with Gasteiger partial charge >= 0.3 is 5.97 Å². The first-order chi connectivity index (χ1) is 15.8. The lowest BCUT2D eigenvalue weighted by molar-refractivity contribution is -0.139. The number of carbonyl (C=O) groups is 2. The van der Waals surface area contributed by atoms with Crippen LogP contribution < -0.4 is 10.6 Å². The molecule has 5 N–H and O–H groups in total. The maximum Gasteiger partial charge on any atom is 0.326 e. The van der Waals surface area contributed by atoms with Gasteiger partial charge in [-0.15, -0.1) is 0 Å². The molecule has 0 saturated carbocycles.